The number of hydrogen-bond acceptors (Lipinski definition) is 4. The smallest absolute Gasteiger partial charge is 0.143 e. The molecule has 0 atom stereocenters. The first kappa shape index (κ1) is 11.7. The monoisotopic (exact) mass is 231 g/mol. The van der Waals surface area contributed by atoms with Crippen LogP contribution in [0.2, 0.25) is 0 Å². The van der Waals surface area contributed by atoms with E-state index < -0.39 is 0 Å². The lowest BCUT2D eigenvalue weighted by Crippen LogP contribution is -2.11. The van der Waals surface area contributed by atoms with E-state index in [1.807, 2.05) is 18.2 Å². The maximum atomic E-state index is 5.50. The predicted molar refractivity (Wildman–Crippen MR) is 70.1 cm³/mol. The van der Waals surface area contributed by atoms with Crippen LogP contribution in [0.1, 0.15) is 18.9 Å². The van der Waals surface area contributed by atoms with Crippen molar-refractivity contribution >= 4 is 16.7 Å². The van der Waals surface area contributed by atoms with E-state index in [2.05, 4.69) is 23.4 Å². The van der Waals surface area contributed by atoms with Gasteiger partial charge in [-0.25, -0.2) is 10.8 Å². The molecule has 0 amide bonds. The van der Waals surface area contributed by atoms with Crippen molar-refractivity contribution in [3.8, 4) is 5.75 Å². The molecule has 0 saturated heterocycles. The Morgan fingerprint density at radius 3 is 2.82 bits per heavy atom. The number of fused-ring (bicyclic) bond motifs is 1. The number of nitrogen functional groups attached to an aromatic ring is 1. The van der Waals surface area contributed by atoms with Crippen LogP contribution in [0.4, 0.5) is 5.82 Å². The third-order valence-electron chi connectivity index (χ3n) is 2.76. The van der Waals surface area contributed by atoms with Crippen molar-refractivity contribution in [1.29, 1.82) is 0 Å². The van der Waals surface area contributed by atoms with E-state index in [1.54, 1.807) is 7.11 Å². The summed E-state index contributed by atoms with van der Waals surface area (Å²) in [6.45, 7) is 2.14. The van der Waals surface area contributed by atoms with Crippen LogP contribution in [-0.4, -0.2) is 12.1 Å². The number of nitrogens with one attached hydrogen (secondary N) is 1. The molecule has 1 aromatic heterocycles. The van der Waals surface area contributed by atoms with Crippen molar-refractivity contribution in [2.75, 3.05) is 12.5 Å². The third kappa shape index (κ3) is 2.31. The molecule has 0 aliphatic rings. The molecule has 1 aromatic carbocycles. The third-order valence-corrected chi connectivity index (χ3v) is 2.76. The molecule has 1 heterocycles. The topological polar surface area (TPSA) is 60.2 Å². The van der Waals surface area contributed by atoms with Gasteiger partial charge >= 0.3 is 0 Å². The van der Waals surface area contributed by atoms with Crippen molar-refractivity contribution in [2.45, 2.75) is 19.8 Å². The zero-order valence-corrected chi connectivity index (χ0v) is 10.2. The van der Waals surface area contributed by atoms with E-state index in [9.17, 15) is 0 Å². The van der Waals surface area contributed by atoms with Gasteiger partial charge in [0, 0.05) is 11.5 Å². The molecule has 0 bridgehead atoms. The van der Waals surface area contributed by atoms with Crippen molar-refractivity contribution in [1.82, 2.24) is 4.98 Å². The molecule has 3 N–H and O–H groups in total. The van der Waals surface area contributed by atoms with Crippen LogP contribution in [0.25, 0.3) is 10.9 Å². The quantitative estimate of drug-likeness (QED) is 0.627. The van der Waals surface area contributed by atoms with Crippen LogP contribution in [0, 0.1) is 0 Å². The number of ether oxygens (including phenoxy) is 1. The first-order valence-electron chi connectivity index (χ1n) is 5.72. The number of anilines is 1. The lowest BCUT2D eigenvalue weighted by Gasteiger charge is -2.09. The fraction of sp³-hybridized carbons (Fsp3) is 0.308. The lowest BCUT2D eigenvalue weighted by atomic mass is 10.1. The predicted octanol–water partition coefficient (Wildman–Crippen LogP) is 2.48. The van der Waals surface area contributed by atoms with Gasteiger partial charge in [0.05, 0.1) is 12.6 Å². The van der Waals surface area contributed by atoms with Gasteiger partial charge in [-0.05, 0) is 30.2 Å². The Morgan fingerprint density at radius 1 is 1.35 bits per heavy atom. The molecule has 0 spiro atoms. The number of benzene rings is 1. The van der Waals surface area contributed by atoms with Gasteiger partial charge in [-0.3, -0.25) is 0 Å². The number of nitrogens with zero attached hydrogens (tertiary/aromatic N) is 1. The molecule has 0 aliphatic heterocycles. The minimum atomic E-state index is 0.743. The summed E-state index contributed by atoms with van der Waals surface area (Å²) >= 11 is 0. The Kier molecular flexibility index (Phi) is 3.44. The number of hydrazine groups is 1. The summed E-state index contributed by atoms with van der Waals surface area (Å²) in [5.74, 6) is 7.04. The summed E-state index contributed by atoms with van der Waals surface area (Å²) < 4.78 is 5.18. The fourth-order valence-electron chi connectivity index (χ4n) is 1.90. The second kappa shape index (κ2) is 5.01. The van der Waals surface area contributed by atoms with Gasteiger partial charge in [0.25, 0.3) is 0 Å². The van der Waals surface area contributed by atoms with E-state index >= 15 is 0 Å². The summed E-state index contributed by atoms with van der Waals surface area (Å²) in [6, 6.07) is 7.99. The Bertz CT molecular complexity index is 525. The molecule has 0 saturated carbocycles. The summed E-state index contributed by atoms with van der Waals surface area (Å²) in [7, 11) is 1.65. The average molecular weight is 231 g/mol. The highest BCUT2D eigenvalue weighted by molar-refractivity contribution is 5.83. The highest BCUT2D eigenvalue weighted by Gasteiger charge is 2.06. The van der Waals surface area contributed by atoms with E-state index in [0.29, 0.717) is 0 Å². The fourth-order valence-corrected chi connectivity index (χ4v) is 1.90. The van der Waals surface area contributed by atoms with E-state index in [0.717, 1.165) is 40.9 Å². The highest BCUT2D eigenvalue weighted by Crippen LogP contribution is 2.24. The average Bonchev–Trinajstić information content (AvgIpc) is 2.37. The maximum Gasteiger partial charge on any atom is 0.143 e. The molecular formula is C13H17N3O. The number of rotatable bonds is 4. The summed E-state index contributed by atoms with van der Waals surface area (Å²) in [5.41, 5.74) is 4.69. The van der Waals surface area contributed by atoms with Crippen LogP contribution in [0.5, 0.6) is 5.75 Å². The minimum Gasteiger partial charge on any atom is -0.497 e. The minimum absolute atomic E-state index is 0.743. The lowest BCUT2D eigenvalue weighted by molar-refractivity contribution is 0.415. The van der Waals surface area contributed by atoms with Gasteiger partial charge in [0.15, 0.2) is 0 Å². The van der Waals surface area contributed by atoms with Gasteiger partial charge in [-0.2, -0.15) is 0 Å². The molecular weight excluding hydrogens is 214 g/mol. The molecule has 0 radical (unpaired) electrons. The Morgan fingerprint density at radius 2 is 2.18 bits per heavy atom. The SMILES string of the molecule is CCCc1cc2ccc(OC)cc2nc1NN. The standard InChI is InChI=1S/C13H17N3O/c1-3-4-10-7-9-5-6-11(17-2)8-12(9)15-13(10)16-14/h5-8H,3-4,14H2,1-2H3,(H,15,16). The van der Waals surface area contributed by atoms with Crippen LogP contribution in [0.3, 0.4) is 0 Å². The number of pyridine rings is 1. The number of aryl methyl sites for hydroxylation is 1. The maximum absolute atomic E-state index is 5.50. The second-order valence-corrected chi connectivity index (χ2v) is 3.95. The van der Waals surface area contributed by atoms with Gasteiger partial charge in [0.2, 0.25) is 0 Å². The van der Waals surface area contributed by atoms with Crippen LogP contribution < -0.4 is 16.0 Å². The Labute approximate surface area is 101 Å². The molecule has 2 rings (SSSR count). The van der Waals surface area contributed by atoms with Crippen molar-refractivity contribution in [2.24, 2.45) is 5.84 Å². The van der Waals surface area contributed by atoms with Crippen LogP contribution in [-0.2, 0) is 6.42 Å². The molecule has 90 valence electrons. The summed E-state index contributed by atoms with van der Waals surface area (Å²) in [6.07, 6.45) is 2.03. The van der Waals surface area contributed by atoms with Crippen molar-refractivity contribution in [3.63, 3.8) is 0 Å². The largest absolute Gasteiger partial charge is 0.497 e. The summed E-state index contributed by atoms with van der Waals surface area (Å²) in [5, 5.41) is 1.10. The van der Waals surface area contributed by atoms with Crippen LogP contribution >= 0.6 is 0 Å². The first-order chi connectivity index (χ1) is 8.28. The van der Waals surface area contributed by atoms with E-state index in [4.69, 9.17) is 10.6 Å². The number of methoxy groups -OCH3 is 1. The zero-order valence-electron chi connectivity index (χ0n) is 10.2. The van der Waals surface area contributed by atoms with Gasteiger partial charge in [-0.15, -0.1) is 0 Å². The molecule has 2 aromatic rings. The molecule has 0 fully saturated rings. The normalized spacial score (nSPS) is 10.5. The first-order valence-corrected chi connectivity index (χ1v) is 5.72. The van der Waals surface area contributed by atoms with Crippen molar-refractivity contribution in [3.05, 3.63) is 29.8 Å². The second-order valence-electron chi connectivity index (χ2n) is 3.95. The highest BCUT2D eigenvalue weighted by atomic mass is 16.5. The van der Waals surface area contributed by atoms with Gasteiger partial charge < -0.3 is 10.2 Å². The molecule has 4 nitrogen and oxygen atoms in total. The van der Waals surface area contributed by atoms with E-state index in [-0.39, 0.29) is 0 Å². The summed E-state index contributed by atoms with van der Waals surface area (Å²) in [4.78, 5) is 4.50. The molecule has 0 unspecified atom stereocenters. The number of aromatic nitrogens is 1. The van der Waals surface area contributed by atoms with Crippen LogP contribution in [0.15, 0.2) is 24.3 Å². The molecule has 17 heavy (non-hydrogen) atoms. The molecule has 4 heteroatoms. The zero-order chi connectivity index (χ0) is 12.3. The van der Waals surface area contributed by atoms with Gasteiger partial charge in [-0.1, -0.05) is 13.3 Å². The van der Waals surface area contributed by atoms with Gasteiger partial charge in [0.1, 0.15) is 11.6 Å². The van der Waals surface area contributed by atoms with Crippen molar-refractivity contribution < 1.29 is 4.74 Å². The number of hydrogen-bond donors (Lipinski definition) is 2. The molecule has 0 aliphatic carbocycles. The van der Waals surface area contributed by atoms with E-state index in [1.165, 1.54) is 0 Å². The Balaban J connectivity index is 2.56. The Hall–Kier alpha value is -1.81. The number of nitrogens with two attached hydrogens (primary N) is 1.